The van der Waals surface area contributed by atoms with Crippen LogP contribution < -0.4 is 5.32 Å². The molecule has 2 aliphatic heterocycles. The van der Waals surface area contributed by atoms with Crippen LogP contribution >= 0.6 is 0 Å². The highest BCUT2D eigenvalue weighted by molar-refractivity contribution is 5.76. The predicted octanol–water partition coefficient (Wildman–Crippen LogP) is 8.32. The van der Waals surface area contributed by atoms with Gasteiger partial charge in [0.05, 0.1) is 32.0 Å². The molecule has 2 heterocycles. The fourth-order valence-corrected chi connectivity index (χ4v) is 8.29. The average molecular weight is 1020 g/mol. The van der Waals surface area contributed by atoms with Gasteiger partial charge >= 0.3 is 0 Å². The molecule has 14 heteroatoms. The molecule has 2 aliphatic rings. The number of amides is 1. The lowest BCUT2D eigenvalue weighted by atomic mass is 9.97. The molecule has 12 atom stereocenters. The number of carbonyl (C=O) groups excluding carboxylic acids is 1. The standard InChI is InChI=1S/C58H97NO13/c1-3-5-7-9-11-13-15-17-19-20-21-22-23-24-25-26-28-30-32-34-36-38-40-42-50(63)59-46(47(62)41-39-37-35-33-31-29-27-18-16-14-12-10-8-6-4-2)45-69-57-55(68)53(66)56(49(44-61)71-57)72-58-54(67)52(65)51(64)48(43-60)70-58/h5,7,11,13,16-19,21-22,24-25,31,33,39,41,46-49,51-58,60-62,64-68H,3-4,6,8-10,12,14-15,20,23,26-30,32,34-38,40,42-45H2,1-2H3,(H,59,63)/b7-5-,13-11-,18-16+,19-17-,22-21-,25-24-,33-31+,41-39+. The van der Waals surface area contributed by atoms with Crippen LogP contribution in [-0.4, -0.2) is 140 Å². The van der Waals surface area contributed by atoms with Crippen molar-refractivity contribution in [3.05, 3.63) is 97.2 Å². The van der Waals surface area contributed by atoms with Gasteiger partial charge in [0.1, 0.15) is 48.8 Å². The molecule has 0 bridgehead atoms. The first-order valence-corrected chi connectivity index (χ1v) is 27.5. The van der Waals surface area contributed by atoms with Crippen molar-refractivity contribution in [2.45, 2.75) is 242 Å². The Morgan fingerprint density at radius 2 is 0.972 bits per heavy atom. The van der Waals surface area contributed by atoms with Crippen molar-refractivity contribution in [1.82, 2.24) is 5.32 Å². The second kappa shape index (κ2) is 43.2. The molecule has 0 saturated carbocycles. The van der Waals surface area contributed by atoms with Crippen LogP contribution in [-0.2, 0) is 23.7 Å². The van der Waals surface area contributed by atoms with E-state index in [1.165, 1.54) is 32.1 Å². The number of unbranched alkanes of at least 4 members (excludes halogenated alkanes) is 14. The Morgan fingerprint density at radius 3 is 1.53 bits per heavy atom. The zero-order valence-corrected chi connectivity index (χ0v) is 43.9. The van der Waals surface area contributed by atoms with Crippen LogP contribution in [0.5, 0.6) is 0 Å². The van der Waals surface area contributed by atoms with Crippen molar-refractivity contribution in [3.8, 4) is 0 Å². The maximum atomic E-state index is 13.2. The number of aliphatic hydroxyl groups is 8. The molecule has 0 spiro atoms. The van der Waals surface area contributed by atoms with Gasteiger partial charge < -0.3 is 65.1 Å². The SMILES string of the molecule is CC/C=C\C/C=C\C/C=C\C/C=C\C/C=C\CCCCCCCCCC(=O)NC(COC1OC(CO)C(OC2OC(CO)C(O)C(O)C2O)C(O)C1O)C(O)/C=C/CC/C=C/CC/C=C/CCCCCCC. The average Bonchev–Trinajstić information content (AvgIpc) is 3.38. The van der Waals surface area contributed by atoms with Gasteiger partial charge in [-0.3, -0.25) is 4.79 Å². The van der Waals surface area contributed by atoms with Gasteiger partial charge in [-0.25, -0.2) is 0 Å². The number of rotatable bonds is 41. The van der Waals surface area contributed by atoms with Crippen molar-refractivity contribution >= 4 is 5.91 Å². The van der Waals surface area contributed by atoms with Gasteiger partial charge in [-0.1, -0.05) is 169 Å². The lowest BCUT2D eigenvalue weighted by Crippen LogP contribution is -2.65. The van der Waals surface area contributed by atoms with E-state index in [1.54, 1.807) is 6.08 Å². The highest BCUT2D eigenvalue weighted by atomic mass is 16.7. The van der Waals surface area contributed by atoms with Gasteiger partial charge in [0.2, 0.25) is 5.91 Å². The summed E-state index contributed by atoms with van der Waals surface area (Å²) in [6.07, 6.45) is 41.5. The second-order valence-corrected chi connectivity index (χ2v) is 19.0. The van der Waals surface area contributed by atoms with E-state index < -0.39 is 86.8 Å². The maximum Gasteiger partial charge on any atom is 0.220 e. The lowest BCUT2D eigenvalue weighted by Gasteiger charge is -2.46. The van der Waals surface area contributed by atoms with E-state index in [-0.39, 0.29) is 18.9 Å². The highest BCUT2D eigenvalue weighted by Crippen LogP contribution is 2.30. The van der Waals surface area contributed by atoms with Crippen molar-refractivity contribution in [2.24, 2.45) is 0 Å². The van der Waals surface area contributed by atoms with Crippen molar-refractivity contribution in [1.29, 1.82) is 0 Å². The molecule has 2 fully saturated rings. The number of carbonyl (C=O) groups is 1. The molecule has 0 aromatic heterocycles. The smallest absolute Gasteiger partial charge is 0.220 e. The number of nitrogens with one attached hydrogen (secondary N) is 1. The molecule has 14 nitrogen and oxygen atoms in total. The Bertz CT molecular complexity index is 1570. The molecule has 12 unspecified atom stereocenters. The van der Waals surface area contributed by atoms with Gasteiger partial charge in [-0.15, -0.1) is 0 Å². The number of allylic oxidation sites excluding steroid dienone is 15. The molecule has 2 saturated heterocycles. The third kappa shape index (κ3) is 29.1. The summed E-state index contributed by atoms with van der Waals surface area (Å²) in [7, 11) is 0. The van der Waals surface area contributed by atoms with Gasteiger partial charge in [0.15, 0.2) is 12.6 Å². The molecule has 0 radical (unpaired) electrons. The first kappa shape index (κ1) is 65.0. The van der Waals surface area contributed by atoms with Crippen LogP contribution in [0.15, 0.2) is 97.2 Å². The number of hydrogen-bond acceptors (Lipinski definition) is 13. The van der Waals surface area contributed by atoms with Crippen LogP contribution in [0.25, 0.3) is 0 Å². The zero-order valence-electron chi connectivity index (χ0n) is 43.9. The number of hydrogen-bond donors (Lipinski definition) is 9. The molecule has 0 aromatic carbocycles. The monoisotopic (exact) mass is 1020 g/mol. The van der Waals surface area contributed by atoms with Gasteiger partial charge in [0.25, 0.3) is 0 Å². The van der Waals surface area contributed by atoms with E-state index in [2.05, 4.69) is 104 Å². The highest BCUT2D eigenvalue weighted by Gasteiger charge is 2.51. The van der Waals surface area contributed by atoms with Crippen molar-refractivity contribution in [3.63, 3.8) is 0 Å². The van der Waals surface area contributed by atoms with Crippen molar-refractivity contribution in [2.75, 3.05) is 19.8 Å². The molecule has 1 amide bonds. The summed E-state index contributed by atoms with van der Waals surface area (Å²) in [5, 5.41) is 86.9. The van der Waals surface area contributed by atoms with E-state index >= 15 is 0 Å². The van der Waals surface area contributed by atoms with Crippen molar-refractivity contribution < 1.29 is 64.6 Å². The summed E-state index contributed by atoms with van der Waals surface area (Å²) in [5.41, 5.74) is 0. The molecule has 0 aliphatic carbocycles. The van der Waals surface area contributed by atoms with Crippen LogP contribution in [0, 0.1) is 0 Å². The zero-order chi connectivity index (χ0) is 52.4. The van der Waals surface area contributed by atoms with E-state index in [1.807, 2.05) is 6.08 Å². The van der Waals surface area contributed by atoms with Gasteiger partial charge in [0, 0.05) is 6.42 Å². The third-order valence-corrected chi connectivity index (χ3v) is 12.7. The Labute approximate surface area is 433 Å². The first-order valence-electron chi connectivity index (χ1n) is 27.5. The van der Waals surface area contributed by atoms with E-state index in [0.717, 1.165) is 103 Å². The van der Waals surface area contributed by atoms with E-state index in [9.17, 15) is 45.6 Å². The summed E-state index contributed by atoms with van der Waals surface area (Å²) in [6.45, 7) is 2.60. The van der Waals surface area contributed by atoms with Crippen LogP contribution in [0.4, 0.5) is 0 Å². The molecular formula is C58H97NO13. The Kier molecular flexibility index (Phi) is 39.0. The minimum Gasteiger partial charge on any atom is -0.394 e. The summed E-state index contributed by atoms with van der Waals surface area (Å²) >= 11 is 0. The van der Waals surface area contributed by atoms with Gasteiger partial charge in [-0.05, 0) is 89.9 Å². The van der Waals surface area contributed by atoms with E-state index in [0.29, 0.717) is 12.8 Å². The molecule has 412 valence electrons. The second-order valence-electron chi connectivity index (χ2n) is 19.0. The van der Waals surface area contributed by atoms with Crippen LogP contribution in [0.1, 0.15) is 168 Å². The fourth-order valence-electron chi connectivity index (χ4n) is 8.29. The summed E-state index contributed by atoms with van der Waals surface area (Å²) in [6, 6.07) is -0.950. The van der Waals surface area contributed by atoms with Crippen LogP contribution in [0.3, 0.4) is 0 Å². The molecule has 72 heavy (non-hydrogen) atoms. The Hall–Kier alpha value is -3.09. The normalized spacial score (nSPS) is 26.4. The lowest BCUT2D eigenvalue weighted by molar-refractivity contribution is -0.359. The minimum atomic E-state index is -1.80. The number of ether oxygens (including phenoxy) is 4. The largest absolute Gasteiger partial charge is 0.394 e. The van der Waals surface area contributed by atoms with Gasteiger partial charge in [-0.2, -0.15) is 0 Å². The fraction of sp³-hybridized carbons (Fsp3) is 0.707. The summed E-state index contributed by atoms with van der Waals surface area (Å²) < 4.78 is 22.7. The quantitative estimate of drug-likeness (QED) is 0.0208. The van der Waals surface area contributed by atoms with E-state index in [4.69, 9.17) is 18.9 Å². The van der Waals surface area contributed by atoms with Crippen LogP contribution in [0.2, 0.25) is 0 Å². The number of aliphatic hydroxyl groups excluding tert-OH is 8. The topological polar surface area (TPSA) is 228 Å². The molecular weight excluding hydrogens is 919 g/mol. The third-order valence-electron chi connectivity index (χ3n) is 12.7. The summed E-state index contributed by atoms with van der Waals surface area (Å²) in [4.78, 5) is 13.2. The molecule has 9 N–H and O–H groups in total. The summed E-state index contributed by atoms with van der Waals surface area (Å²) in [5.74, 6) is -0.270. The Morgan fingerprint density at radius 1 is 0.514 bits per heavy atom. The molecule has 0 aromatic rings. The Balaban J connectivity index is 1.82. The first-order chi connectivity index (χ1) is 35.1. The predicted molar refractivity (Wildman–Crippen MR) is 286 cm³/mol. The minimum absolute atomic E-state index is 0.251. The molecule has 2 rings (SSSR count). The maximum absolute atomic E-state index is 13.2.